The topological polar surface area (TPSA) is 61.5 Å². The molecule has 0 saturated carbocycles. The van der Waals surface area contributed by atoms with Crippen LogP contribution < -0.4 is 9.64 Å². The molecule has 1 saturated heterocycles. The molecule has 0 aliphatic carbocycles. The number of amides is 1. The molecular formula is C22H23F3N4O2. The minimum Gasteiger partial charge on any atom is -0.406 e. The summed E-state index contributed by atoms with van der Waals surface area (Å²) >= 11 is 0. The third kappa shape index (κ3) is 4.60. The molecule has 0 spiro atoms. The molecule has 31 heavy (non-hydrogen) atoms. The molecule has 1 aliphatic heterocycles. The first-order valence-electron chi connectivity index (χ1n) is 10.0. The van der Waals surface area contributed by atoms with Gasteiger partial charge in [-0.25, -0.2) is 4.98 Å². The Kier molecular flexibility index (Phi) is 5.51. The molecule has 1 amide bonds. The fourth-order valence-corrected chi connectivity index (χ4v) is 3.98. The number of carbonyl (C=O) groups excluding carboxylic acids is 1. The Balaban J connectivity index is 1.40. The molecule has 1 aliphatic rings. The number of H-pyrrole nitrogens is 1. The largest absolute Gasteiger partial charge is 0.573 e. The van der Waals surface area contributed by atoms with Crippen molar-refractivity contribution in [1.82, 2.24) is 14.9 Å². The molecule has 4 rings (SSSR count). The van der Waals surface area contributed by atoms with Crippen LogP contribution in [-0.2, 0) is 0 Å². The lowest BCUT2D eigenvalue weighted by atomic mass is 9.89. The van der Waals surface area contributed by atoms with E-state index in [1.54, 1.807) is 4.90 Å². The van der Waals surface area contributed by atoms with Crippen LogP contribution in [0.2, 0.25) is 0 Å². The zero-order valence-electron chi connectivity index (χ0n) is 17.2. The van der Waals surface area contributed by atoms with E-state index in [1.807, 2.05) is 31.3 Å². The van der Waals surface area contributed by atoms with Crippen LogP contribution in [0.25, 0.3) is 11.0 Å². The van der Waals surface area contributed by atoms with Crippen molar-refractivity contribution in [3.8, 4) is 5.75 Å². The van der Waals surface area contributed by atoms with Gasteiger partial charge in [0, 0.05) is 44.3 Å². The Morgan fingerprint density at radius 3 is 2.42 bits per heavy atom. The van der Waals surface area contributed by atoms with Gasteiger partial charge in [-0.2, -0.15) is 0 Å². The Hall–Kier alpha value is -3.23. The predicted molar refractivity (Wildman–Crippen MR) is 111 cm³/mol. The summed E-state index contributed by atoms with van der Waals surface area (Å²) in [5, 5.41) is 1.09. The summed E-state index contributed by atoms with van der Waals surface area (Å²) in [5.41, 5.74) is 2.40. The van der Waals surface area contributed by atoms with Crippen molar-refractivity contribution in [2.45, 2.75) is 25.1 Å². The Morgan fingerprint density at radius 2 is 1.81 bits per heavy atom. The quantitative estimate of drug-likeness (QED) is 0.657. The van der Waals surface area contributed by atoms with Crippen LogP contribution in [0.1, 0.15) is 34.7 Å². The number of nitrogens with zero attached hydrogens (tertiary/aromatic N) is 3. The van der Waals surface area contributed by atoms with E-state index >= 15 is 0 Å². The summed E-state index contributed by atoms with van der Waals surface area (Å²) in [7, 11) is 3.89. The first kappa shape index (κ1) is 21.0. The molecule has 2 aromatic heterocycles. The van der Waals surface area contributed by atoms with Gasteiger partial charge in [-0.1, -0.05) is 0 Å². The molecule has 0 atom stereocenters. The average molecular weight is 432 g/mol. The highest BCUT2D eigenvalue weighted by Crippen LogP contribution is 2.34. The Bertz CT molecular complexity index is 1070. The fraction of sp³-hybridized carbons (Fsp3) is 0.364. The summed E-state index contributed by atoms with van der Waals surface area (Å²) in [6.07, 6.45) is -1.13. The van der Waals surface area contributed by atoms with E-state index in [1.165, 1.54) is 17.7 Å². The lowest BCUT2D eigenvalue weighted by molar-refractivity contribution is -0.274. The predicted octanol–water partition coefficient (Wildman–Crippen LogP) is 4.55. The Morgan fingerprint density at radius 1 is 1.13 bits per heavy atom. The highest BCUT2D eigenvalue weighted by atomic mass is 19.4. The molecule has 3 heterocycles. The van der Waals surface area contributed by atoms with Crippen LogP contribution in [0.4, 0.5) is 19.0 Å². The van der Waals surface area contributed by atoms with Gasteiger partial charge in [-0.3, -0.25) is 4.79 Å². The number of carbonyl (C=O) groups is 1. The SMILES string of the molecule is CN(C)c1ccc2c(C3CCN(C(=O)c4ccc(OC(F)(F)F)cc4)CC3)c[nH]c2n1. The lowest BCUT2D eigenvalue weighted by Gasteiger charge is -2.32. The number of fused-ring (bicyclic) bond motifs is 1. The van der Waals surface area contributed by atoms with Gasteiger partial charge in [0.25, 0.3) is 5.91 Å². The van der Waals surface area contributed by atoms with Crippen LogP contribution in [0, 0.1) is 0 Å². The minimum atomic E-state index is -4.75. The summed E-state index contributed by atoms with van der Waals surface area (Å²) in [6.45, 7) is 1.17. The number of halogens is 3. The van der Waals surface area contributed by atoms with Crippen LogP contribution in [-0.4, -0.2) is 54.3 Å². The average Bonchev–Trinajstić information content (AvgIpc) is 3.16. The smallest absolute Gasteiger partial charge is 0.406 e. The summed E-state index contributed by atoms with van der Waals surface area (Å²) in [4.78, 5) is 24.3. The van der Waals surface area contributed by atoms with Crippen LogP contribution >= 0.6 is 0 Å². The maximum Gasteiger partial charge on any atom is 0.573 e. The van der Waals surface area contributed by atoms with Gasteiger partial charge in [0.1, 0.15) is 17.2 Å². The standard InChI is InChI=1S/C22H23F3N4O2/c1-28(2)19-8-7-17-18(13-26-20(17)27-19)14-9-11-29(12-10-14)21(30)15-3-5-16(6-4-15)31-22(23,24)25/h3-8,13-14H,9-12H2,1-2H3,(H,26,27). The monoisotopic (exact) mass is 432 g/mol. The van der Waals surface area contributed by atoms with Gasteiger partial charge in [0.15, 0.2) is 0 Å². The van der Waals surface area contributed by atoms with E-state index in [0.29, 0.717) is 24.6 Å². The van der Waals surface area contributed by atoms with Crippen molar-refractivity contribution in [2.24, 2.45) is 0 Å². The molecule has 0 unspecified atom stereocenters. The van der Waals surface area contributed by atoms with Gasteiger partial charge in [-0.15, -0.1) is 13.2 Å². The maximum atomic E-state index is 12.7. The molecule has 0 radical (unpaired) electrons. The van der Waals surface area contributed by atoms with E-state index in [0.717, 1.165) is 41.8 Å². The second kappa shape index (κ2) is 8.13. The second-order valence-corrected chi connectivity index (χ2v) is 7.84. The molecule has 1 N–H and O–H groups in total. The summed E-state index contributed by atoms with van der Waals surface area (Å²) in [6, 6.07) is 9.12. The number of hydrogen-bond acceptors (Lipinski definition) is 4. The van der Waals surface area contributed by atoms with Crippen molar-refractivity contribution in [2.75, 3.05) is 32.1 Å². The molecule has 9 heteroatoms. The first-order chi connectivity index (χ1) is 14.7. The van der Waals surface area contributed by atoms with Crippen molar-refractivity contribution >= 4 is 22.8 Å². The molecule has 6 nitrogen and oxygen atoms in total. The van der Waals surface area contributed by atoms with Crippen molar-refractivity contribution in [1.29, 1.82) is 0 Å². The van der Waals surface area contributed by atoms with Gasteiger partial charge in [0.05, 0.1) is 0 Å². The van der Waals surface area contributed by atoms with E-state index < -0.39 is 6.36 Å². The lowest BCUT2D eigenvalue weighted by Crippen LogP contribution is -2.37. The summed E-state index contributed by atoms with van der Waals surface area (Å²) in [5.74, 6) is 0.668. The zero-order valence-corrected chi connectivity index (χ0v) is 17.2. The number of ether oxygens (including phenoxy) is 1. The molecule has 0 bridgehead atoms. The maximum absolute atomic E-state index is 12.7. The number of rotatable bonds is 4. The van der Waals surface area contributed by atoms with E-state index in [9.17, 15) is 18.0 Å². The van der Waals surface area contributed by atoms with Gasteiger partial charge < -0.3 is 19.5 Å². The number of alkyl halides is 3. The van der Waals surface area contributed by atoms with Crippen LogP contribution in [0.3, 0.4) is 0 Å². The Labute approximate surface area is 177 Å². The van der Waals surface area contributed by atoms with Crippen molar-refractivity contribution in [3.05, 3.63) is 53.7 Å². The van der Waals surface area contributed by atoms with E-state index in [-0.39, 0.29) is 11.7 Å². The van der Waals surface area contributed by atoms with Gasteiger partial charge in [0.2, 0.25) is 0 Å². The third-order valence-electron chi connectivity index (χ3n) is 5.57. The van der Waals surface area contributed by atoms with Crippen LogP contribution in [0.15, 0.2) is 42.6 Å². The molecule has 1 aromatic carbocycles. The highest BCUT2D eigenvalue weighted by molar-refractivity contribution is 5.94. The van der Waals surface area contributed by atoms with Gasteiger partial charge >= 0.3 is 6.36 Å². The highest BCUT2D eigenvalue weighted by Gasteiger charge is 2.31. The minimum absolute atomic E-state index is 0.187. The number of hydrogen-bond donors (Lipinski definition) is 1. The normalized spacial score (nSPS) is 15.3. The number of likely N-dealkylation sites (tertiary alicyclic amines) is 1. The van der Waals surface area contributed by atoms with Crippen LogP contribution in [0.5, 0.6) is 5.75 Å². The van der Waals surface area contributed by atoms with Crippen molar-refractivity contribution < 1.29 is 22.7 Å². The number of aromatic amines is 1. The molecule has 3 aromatic rings. The van der Waals surface area contributed by atoms with Gasteiger partial charge in [-0.05, 0) is 60.7 Å². The number of aromatic nitrogens is 2. The molecule has 164 valence electrons. The number of pyridine rings is 1. The zero-order chi connectivity index (χ0) is 22.2. The number of anilines is 1. The fourth-order valence-electron chi connectivity index (χ4n) is 3.98. The third-order valence-corrected chi connectivity index (χ3v) is 5.57. The van der Waals surface area contributed by atoms with E-state index in [2.05, 4.69) is 20.8 Å². The number of nitrogens with one attached hydrogen (secondary N) is 1. The molecular weight excluding hydrogens is 409 g/mol. The summed E-state index contributed by atoms with van der Waals surface area (Å²) < 4.78 is 40.7. The number of benzene rings is 1. The molecule has 1 fully saturated rings. The van der Waals surface area contributed by atoms with E-state index in [4.69, 9.17) is 0 Å². The second-order valence-electron chi connectivity index (χ2n) is 7.84. The van der Waals surface area contributed by atoms with Crippen molar-refractivity contribution in [3.63, 3.8) is 0 Å². The first-order valence-corrected chi connectivity index (χ1v) is 10.0. The number of piperidine rings is 1.